The van der Waals surface area contributed by atoms with E-state index in [4.69, 9.17) is 17.3 Å². The first-order chi connectivity index (χ1) is 10.1. The van der Waals surface area contributed by atoms with Crippen molar-refractivity contribution in [3.05, 3.63) is 76.4 Å². The molecule has 0 saturated carbocycles. The topological polar surface area (TPSA) is 38.9 Å². The second-order valence-corrected chi connectivity index (χ2v) is 5.73. The lowest BCUT2D eigenvalue weighted by atomic mass is 9.97. The Bertz CT molecular complexity index is 778. The molecular weight excluding hydrogens is 280 g/mol. The van der Waals surface area contributed by atoms with Gasteiger partial charge in [-0.15, -0.1) is 0 Å². The molecule has 2 aromatic carbocycles. The van der Waals surface area contributed by atoms with Crippen molar-refractivity contribution < 1.29 is 0 Å². The minimum Gasteiger partial charge on any atom is -0.324 e. The highest BCUT2D eigenvalue weighted by Gasteiger charge is 2.12. The van der Waals surface area contributed by atoms with Crippen LogP contribution >= 0.6 is 11.6 Å². The maximum Gasteiger partial charge on any atom is 0.0704 e. The summed E-state index contributed by atoms with van der Waals surface area (Å²) in [6.45, 7) is 2.03. The summed E-state index contributed by atoms with van der Waals surface area (Å²) in [7, 11) is 0. The van der Waals surface area contributed by atoms with Crippen LogP contribution in [0.5, 0.6) is 0 Å². The van der Waals surface area contributed by atoms with Crippen molar-refractivity contribution in [1.82, 2.24) is 4.98 Å². The Morgan fingerprint density at radius 1 is 1.14 bits per heavy atom. The van der Waals surface area contributed by atoms with Crippen LogP contribution < -0.4 is 5.73 Å². The fraction of sp³-hybridized carbons (Fsp3) is 0.167. The molecule has 3 heteroatoms. The average Bonchev–Trinajstić information content (AvgIpc) is 2.47. The third-order valence-corrected chi connectivity index (χ3v) is 4.06. The van der Waals surface area contributed by atoms with E-state index in [1.54, 1.807) is 0 Å². The summed E-state index contributed by atoms with van der Waals surface area (Å²) in [5.41, 5.74) is 10.7. The van der Waals surface area contributed by atoms with Gasteiger partial charge >= 0.3 is 0 Å². The van der Waals surface area contributed by atoms with Crippen molar-refractivity contribution in [3.63, 3.8) is 0 Å². The lowest BCUT2D eigenvalue weighted by Gasteiger charge is -2.15. The van der Waals surface area contributed by atoms with Gasteiger partial charge in [0.25, 0.3) is 0 Å². The number of hydrogen-bond acceptors (Lipinski definition) is 2. The second-order valence-electron chi connectivity index (χ2n) is 5.32. The molecule has 21 heavy (non-hydrogen) atoms. The lowest BCUT2D eigenvalue weighted by molar-refractivity contribution is 0.725. The van der Waals surface area contributed by atoms with Gasteiger partial charge < -0.3 is 5.73 Å². The Morgan fingerprint density at radius 2 is 1.95 bits per heavy atom. The Hall–Kier alpha value is -1.90. The van der Waals surface area contributed by atoms with E-state index < -0.39 is 0 Å². The molecule has 0 aliphatic rings. The third kappa shape index (κ3) is 2.92. The van der Waals surface area contributed by atoms with E-state index in [1.807, 2.05) is 55.6 Å². The summed E-state index contributed by atoms with van der Waals surface area (Å²) >= 11 is 6.32. The van der Waals surface area contributed by atoms with E-state index in [1.165, 1.54) is 5.56 Å². The molecule has 0 fully saturated rings. The predicted octanol–water partition coefficient (Wildman–Crippen LogP) is 4.44. The molecule has 106 valence electrons. The molecule has 0 spiro atoms. The normalized spacial score (nSPS) is 12.5. The Morgan fingerprint density at radius 3 is 2.76 bits per heavy atom. The molecule has 3 rings (SSSR count). The highest BCUT2D eigenvalue weighted by Crippen LogP contribution is 2.27. The van der Waals surface area contributed by atoms with Gasteiger partial charge in [0.15, 0.2) is 0 Å². The Kier molecular flexibility index (Phi) is 3.91. The number of aryl methyl sites for hydroxylation is 1. The van der Waals surface area contributed by atoms with Crippen LogP contribution in [-0.2, 0) is 6.42 Å². The van der Waals surface area contributed by atoms with Crippen LogP contribution in [0.3, 0.4) is 0 Å². The number of benzene rings is 2. The Balaban J connectivity index is 1.94. The predicted molar refractivity (Wildman–Crippen MR) is 88.6 cm³/mol. The Labute approximate surface area is 129 Å². The van der Waals surface area contributed by atoms with E-state index in [-0.39, 0.29) is 6.04 Å². The smallest absolute Gasteiger partial charge is 0.0704 e. The van der Waals surface area contributed by atoms with Gasteiger partial charge in [0.2, 0.25) is 0 Å². The molecule has 1 heterocycles. The van der Waals surface area contributed by atoms with Gasteiger partial charge in [-0.1, -0.05) is 41.9 Å². The maximum absolute atomic E-state index is 6.36. The second kappa shape index (κ2) is 5.84. The fourth-order valence-corrected chi connectivity index (χ4v) is 2.99. The zero-order chi connectivity index (χ0) is 14.8. The highest BCUT2D eigenvalue weighted by atomic mass is 35.5. The quantitative estimate of drug-likeness (QED) is 0.776. The summed E-state index contributed by atoms with van der Waals surface area (Å²) in [4.78, 5) is 4.38. The largest absolute Gasteiger partial charge is 0.324 e. The number of fused-ring (bicyclic) bond motifs is 1. The number of pyridine rings is 1. The molecule has 0 saturated heterocycles. The zero-order valence-electron chi connectivity index (χ0n) is 11.9. The van der Waals surface area contributed by atoms with Gasteiger partial charge in [-0.2, -0.15) is 0 Å². The van der Waals surface area contributed by atoms with Crippen LogP contribution in [0, 0.1) is 6.92 Å². The average molecular weight is 297 g/mol. The minimum atomic E-state index is -0.121. The van der Waals surface area contributed by atoms with Crippen LogP contribution in [0.25, 0.3) is 10.9 Å². The number of rotatable bonds is 3. The van der Waals surface area contributed by atoms with Gasteiger partial charge in [-0.3, -0.25) is 4.98 Å². The van der Waals surface area contributed by atoms with Crippen LogP contribution in [0.15, 0.2) is 54.7 Å². The van der Waals surface area contributed by atoms with Crippen molar-refractivity contribution in [2.24, 2.45) is 5.73 Å². The van der Waals surface area contributed by atoms with Crippen LogP contribution in [0.1, 0.15) is 22.7 Å². The number of aromatic nitrogens is 1. The van der Waals surface area contributed by atoms with Crippen LogP contribution in [-0.4, -0.2) is 4.98 Å². The monoisotopic (exact) mass is 296 g/mol. The van der Waals surface area contributed by atoms with E-state index in [9.17, 15) is 0 Å². The summed E-state index contributed by atoms with van der Waals surface area (Å²) in [5, 5.41) is 1.89. The van der Waals surface area contributed by atoms with Crippen LogP contribution in [0.2, 0.25) is 5.02 Å². The van der Waals surface area contributed by atoms with E-state index in [0.29, 0.717) is 0 Å². The zero-order valence-corrected chi connectivity index (χ0v) is 12.6. The van der Waals surface area contributed by atoms with E-state index >= 15 is 0 Å². The number of para-hydroxylation sites is 1. The molecule has 0 amide bonds. The van der Waals surface area contributed by atoms with Crippen molar-refractivity contribution in [2.45, 2.75) is 19.4 Å². The molecule has 3 aromatic rings. The molecule has 1 atom stereocenters. The number of halogens is 1. The summed E-state index contributed by atoms with van der Waals surface area (Å²) < 4.78 is 0. The van der Waals surface area contributed by atoms with Crippen molar-refractivity contribution in [1.29, 1.82) is 0 Å². The number of hydrogen-bond donors (Lipinski definition) is 1. The van der Waals surface area contributed by atoms with Gasteiger partial charge in [0, 0.05) is 22.6 Å². The van der Waals surface area contributed by atoms with E-state index in [2.05, 4.69) is 11.1 Å². The number of nitrogens with two attached hydrogens (primary N) is 1. The molecule has 2 nitrogen and oxygen atoms in total. The molecule has 0 radical (unpaired) electrons. The molecule has 2 N–H and O–H groups in total. The third-order valence-electron chi connectivity index (χ3n) is 3.73. The first kappa shape index (κ1) is 14.1. The fourth-order valence-electron chi connectivity index (χ4n) is 2.61. The standard InChI is InChI=1S/C18H17ClN2/c1-12-6-7-15(16(19)10-12)17(20)11-13-8-9-21-18-5-3-2-4-14(13)18/h2-10,17H,11,20H2,1H3. The molecule has 0 aliphatic heterocycles. The molecule has 0 bridgehead atoms. The highest BCUT2D eigenvalue weighted by molar-refractivity contribution is 6.31. The van der Waals surface area contributed by atoms with Crippen LogP contribution in [0.4, 0.5) is 0 Å². The van der Waals surface area contributed by atoms with E-state index in [0.717, 1.165) is 33.5 Å². The van der Waals surface area contributed by atoms with Gasteiger partial charge in [0.05, 0.1) is 5.52 Å². The molecular formula is C18H17ClN2. The van der Waals surface area contributed by atoms with Crippen molar-refractivity contribution >= 4 is 22.5 Å². The van der Waals surface area contributed by atoms with Gasteiger partial charge in [0.1, 0.15) is 0 Å². The summed E-state index contributed by atoms with van der Waals surface area (Å²) in [5.74, 6) is 0. The minimum absolute atomic E-state index is 0.121. The summed E-state index contributed by atoms with van der Waals surface area (Å²) in [6.07, 6.45) is 2.58. The molecule has 1 unspecified atom stereocenters. The summed E-state index contributed by atoms with van der Waals surface area (Å²) in [6, 6.07) is 16.1. The SMILES string of the molecule is Cc1ccc(C(N)Cc2ccnc3ccccc23)c(Cl)c1. The number of nitrogens with zero attached hydrogens (tertiary/aromatic N) is 1. The van der Waals surface area contributed by atoms with Crippen molar-refractivity contribution in [2.75, 3.05) is 0 Å². The van der Waals surface area contributed by atoms with Gasteiger partial charge in [-0.05, 0) is 48.2 Å². The first-order valence-corrected chi connectivity index (χ1v) is 7.37. The molecule has 1 aromatic heterocycles. The lowest BCUT2D eigenvalue weighted by Crippen LogP contribution is -2.14. The maximum atomic E-state index is 6.36. The molecule has 0 aliphatic carbocycles. The van der Waals surface area contributed by atoms with Gasteiger partial charge in [-0.25, -0.2) is 0 Å². The van der Waals surface area contributed by atoms with Crippen molar-refractivity contribution in [3.8, 4) is 0 Å². The first-order valence-electron chi connectivity index (χ1n) is 6.99.